The van der Waals surface area contributed by atoms with Crippen LogP contribution in [0.4, 0.5) is 0 Å². The van der Waals surface area contributed by atoms with Crippen molar-refractivity contribution >= 4 is 10.9 Å². The van der Waals surface area contributed by atoms with Gasteiger partial charge in [-0.2, -0.15) is 5.10 Å². The van der Waals surface area contributed by atoms with E-state index in [9.17, 15) is 0 Å². The zero-order valence-electron chi connectivity index (χ0n) is 16.6. The second kappa shape index (κ2) is 7.66. The Kier molecular flexibility index (Phi) is 4.72. The molecule has 3 aromatic heterocycles. The zero-order chi connectivity index (χ0) is 19.6. The SMILES string of the molecule is CCCCOc1ccc2c(-c3c(-c4ccccn4)nn4c3CCC4)ccnc2c1. The predicted molar refractivity (Wildman–Crippen MR) is 115 cm³/mol. The molecule has 0 atom stereocenters. The van der Waals surface area contributed by atoms with Crippen LogP contribution in [-0.2, 0) is 13.0 Å². The summed E-state index contributed by atoms with van der Waals surface area (Å²) in [6.07, 6.45) is 8.07. The van der Waals surface area contributed by atoms with Crippen LogP contribution in [0.25, 0.3) is 33.4 Å². The quantitative estimate of drug-likeness (QED) is 0.424. The summed E-state index contributed by atoms with van der Waals surface area (Å²) in [5.41, 5.74) is 6.46. The smallest absolute Gasteiger partial charge is 0.121 e. The fourth-order valence-electron chi connectivity index (χ4n) is 4.07. The first-order chi connectivity index (χ1) is 14.3. The Labute approximate surface area is 170 Å². The predicted octanol–water partition coefficient (Wildman–Crippen LogP) is 5.29. The van der Waals surface area contributed by atoms with Gasteiger partial charge in [-0.15, -0.1) is 0 Å². The van der Waals surface area contributed by atoms with Gasteiger partial charge in [0.1, 0.15) is 11.4 Å². The summed E-state index contributed by atoms with van der Waals surface area (Å²) in [7, 11) is 0. The van der Waals surface area contributed by atoms with Crippen molar-refractivity contribution in [3.63, 3.8) is 0 Å². The van der Waals surface area contributed by atoms with E-state index in [0.29, 0.717) is 0 Å². The molecule has 1 aromatic carbocycles. The lowest BCUT2D eigenvalue weighted by Crippen LogP contribution is -1.97. The van der Waals surface area contributed by atoms with E-state index in [4.69, 9.17) is 9.84 Å². The molecule has 1 aliphatic heterocycles. The summed E-state index contributed by atoms with van der Waals surface area (Å²) >= 11 is 0. The summed E-state index contributed by atoms with van der Waals surface area (Å²) in [6.45, 7) is 3.87. The van der Waals surface area contributed by atoms with E-state index in [1.165, 1.54) is 16.8 Å². The zero-order valence-corrected chi connectivity index (χ0v) is 16.6. The number of aromatic nitrogens is 4. The second-order valence-electron chi connectivity index (χ2n) is 7.45. The number of nitrogens with zero attached hydrogens (tertiary/aromatic N) is 4. The van der Waals surface area contributed by atoms with Gasteiger partial charge in [0.25, 0.3) is 0 Å². The summed E-state index contributed by atoms with van der Waals surface area (Å²) in [5.74, 6) is 0.876. The molecule has 0 spiro atoms. The normalized spacial score (nSPS) is 13.0. The van der Waals surface area contributed by atoms with E-state index in [1.54, 1.807) is 0 Å². The number of unbranched alkanes of at least 4 members (excludes halogenated alkanes) is 1. The number of fused-ring (bicyclic) bond motifs is 2. The molecule has 0 aliphatic carbocycles. The summed E-state index contributed by atoms with van der Waals surface area (Å²) < 4.78 is 8.03. The number of rotatable bonds is 6. The van der Waals surface area contributed by atoms with Gasteiger partial charge in [-0.1, -0.05) is 19.4 Å². The molecule has 0 unspecified atom stereocenters. The Balaban J connectivity index is 1.64. The van der Waals surface area contributed by atoms with Crippen LogP contribution in [0.1, 0.15) is 31.9 Å². The molecule has 0 bridgehead atoms. The first kappa shape index (κ1) is 17.9. The Morgan fingerprint density at radius 2 is 2.03 bits per heavy atom. The molecule has 0 N–H and O–H groups in total. The molecule has 4 aromatic rings. The standard InChI is InChI=1S/C24H24N4O/c1-2-3-15-29-17-9-10-18-19(11-13-26-21(18)16-17)23-22-8-6-14-28(22)27-24(23)20-7-4-5-12-25-20/h4-5,7,9-13,16H,2-3,6,8,14-15H2,1H3. The van der Waals surface area contributed by atoms with Crippen molar-refractivity contribution in [3.8, 4) is 28.3 Å². The first-order valence-corrected chi connectivity index (χ1v) is 10.4. The first-order valence-electron chi connectivity index (χ1n) is 10.4. The molecule has 0 saturated carbocycles. The third-order valence-corrected chi connectivity index (χ3v) is 5.50. The number of hydrogen-bond donors (Lipinski definition) is 0. The third kappa shape index (κ3) is 3.27. The van der Waals surface area contributed by atoms with Gasteiger partial charge >= 0.3 is 0 Å². The molecular weight excluding hydrogens is 360 g/mol. The van der Waals surface area contributed by atoms with Crippen molar-refractivity contribution in [3.05, 3.63) is 60.6 Å². The van der Waals surface area contributed by atoms with Crippen molar-refractivity contribution in [2.75, 3.05) is 6.61 Å². The van der Waals surface area contributed by atoms with Crippen molar-refractivity contribution in [1.29, 1.82) is 0 Å². The number of aryl methyl sites for hydroxylation is 1. The molecular formula is C24H24N4O. The Hall–Kier alpha value is -3.21. The fraction of sp³-hybridized carbons (Fsp3) is 0.292. The van der Waals surface area contributed by atoms with E-state index in [1.807, 2.05) is 42.7 Å². The van der Waals surface area contributed by atoms with Crippen molar-refractivity contribution in [1.82, 2.24) is 19.7 Å². The Morgan fingerprint density at radius 1 is 1.07 bits per heavy atom. The maximum atomic E-state index is 5.89. The van der Waals surface area contributed by atoms with Crippen LogP contribution in [-0.4, -0.2) is 26.4 Å². The molecule has 0 saturated heterocycles. The van der Waals surface area contributed by atoms with Crippen molar-refractivity contribution < 1.29 is 4.74 Å². The minimum absolute atomic E-state index is 0.739. The molecule has 5 heteroatoms. The van der Waals surface area contributed by atoms with E-state index < -0.39 is 0 Å². The minimum Gasteiger partial charge on any atom is -0.494 e. The monoisotopic (exact) mass is 384 g/mol. The molecule has 5 rings (SSSR count). The van der Waals surface area contributed by atoms with E-state index >= 15 is 0 Å². The van der Waals surface area contributed by atoms with Gasteiger partial charge in [0, 0.05) is 41.6 Å². The van der Waals surface area contributed by atoms with Gasteiger partial charge in [-0.25, -0.2) is 0 Å². The maximum absolute atomic E-state index is 5.89. The van der Waals surface area contributed by atoms with E-state index in [0.717, 1.165) is 66.9 Å². The molecule has 5 nitrogen and oxygen atoms in total. The second-order valence-corrected chi connectivity index (χ2v) is 7.45. The van der Waals surface area contributed by atoms with Gasteiger partial charge in [-0.3, -0.25) is 14.6 Å². The lowest BCUT2D eigenvalue weighted by Gasteiger charge is -2.11. The van der Waals surface area contributed by atoms with Crippen LogP contribution in [0, 0.1) is 0 Å². The lowest BCUT2D eigenvalue weighted by molar-refractivity contribution is 0.310. The highest BCUT2D eigenvalue weighted by molar-refractivity contribution is 5.99. The highest BCUT2D eigenvalue weighted by atomic mass is 16.5. The Morgan fingerprint density at radius 3 is 2.90 bits per heavy atom. The van der Waals surface area contributed by atoms with E-state index in [2.05, 4.69) is 33.7 Å². The van der Waals surface area contributed by atoms with Gasteiger partial charge in [0.15, 0.2) is 0 Å². The fourth-order valence-corrected chi connectivity index (χ4v) is 4.07. The van der Waals surface area contributed by atoms with Gasteiger partial charge in [0.05, 0.1) is 17.8 Å². The topological polar surface area (TPSA) is 52.8 Å². The molecule has 0 amide bonds. The molecule has 146 valence electrons. The maximum Gasteiger partial charge on any atom is 0.121 e. The summed E-state index contributed by atoms with van der Waals surface area (Å²) in [4.78, 5) is 9.19. The molecule has 0 fully saturated rings. The van der Waals surface area contributed by atoms with Crippen LogP contribution in [0.3, 0.4) is 0 Å². The average Bonchev–Trinajstić information content (AvgIpc) is 3.35. The molecule has 29 heavy (non-hydrogen) atoms. The van der Waals surface area contributed by atoms with Gasteiger partial charge < -0.3 is 4.74 Å². The largest absolute Gasteiger partial charge is 0.494 e. The molecule has 0 radical (unpaired) electrons. The Bertz CT molecular complexity index is 1150. The molecule has 1 aliphatic rings. The number of pyridine rings is 2. The summed E-state index contributed by atoms with van der Waals surface area (Å²) in [5, 5.41) is 6.04. The van der Waals surface area contributed by atoms with Crippen LogP contribution < -0.4 is 4.74 Å². The van der Waals surface area contributed by atoms with Crippen LogP contribution >= 0.6 is 0 Å². The van der Waals surface area contributed by atoms with E-state index in [-0.39, 0.29) is 0 Å². The minimum atomic E-state index is 0.739. The van der Waals surface area contributed by atoms with Gasteiger partial charge in [0.2, 0.25) is 0 Å². The van der Waals surface area contributed by atoms with Gasteiger partial charge in [-0.05, 0) is 55.2 Å². The van der Waals surface area contributed by atoms with Crippen LogP contribution in [0.5, 0.6) is 5.75 Å². The number of hydrogen-bond acceptors (Lipinski definition) is 4. The average molecular weight is 384 g/mol. The molecule has 4 heterocycles. The summed E-state index contributed by atoms with van der Waals surface area (Å²) in [6, 6.07) is 14.3. The van der Waals surface area contributed by atoms with Crippen molar-refractivity contribution in [2.24, 2.45) is 0 Å². The highest BCUT2D eigenvalue weighted by Gasteiger charge is 2.25. The number of benzene rings is 1. The third-order valence-electron chi connectivity index (χ3n) is 5.50. The van der Waals surface area contributed by atoms with Crippen LogP contribution in [0.15, 0.2) is 54.9 Å². The lowest BCUT2D eigenvalue weighted by atomic mass is 9.96. The van der Waals surface area contributed by atoms with Crippen molar-refractivity contribution in [2.45, 2.75) is 39.2 Å². The number of ether oxygens (including phenoxy) is 1. The van der Waals surface area contributed by atoms with Crippen LogP contribution in [0.2, 0.25) is 0 Å². The highest BCUT2D eigenvalue weighted by Crippen LogP contribution is 2.40.